The molecule has 28 heavy (non-hydrogen) atoms. The summed E-state index contributed by atoms with van der Waals surface area (Å²) >= 11 is 0. The summed E-state index contributed by atoms with van der Waals surface area (Å²) in [5, 5.41) is 10.9. The van der Waals surface area contributed by atoms with Crippen molar-refractivity contribution in [3.63, 3.8) is 0 Å². The van der Waals surface area contributed by atoms with Gasteiger partial charge in [0.25, 0.3) is 0 Å². The van der Waals surface area contributed by atoms with Crippen LogP contribution in [0, 0.1) is 0 Å². The Morgan fingerprint density at radius 2 is 1.82 bits per heavy atom. The zero-order chi connectivity index (χ0) is 19.5. The number of para-hydroxylation sites is 1. The van der Waals surface area contributed by atoms with Crippen LogP contribution in [0.1, 0.15) is 35.9 Å². The van der Waals surface area contributed by atoms with Gasteiger partial charge in [-0.25, -0.2) is 4.98 Å². The van der Waals surface area contributed by atoms with Gasteiger partial charge in [-0.1, -0.05) is 25.1 Å². The standard InChI is InChI=1S/C22H28N4O2/c1-3-17-8-9-18(28-17)16-25-12-14-26(15-13-25)20-7-5-4-6-19(20)21(27)22-23-10-11-24(22)2/h4-11,21,27H,3,12-16H2,1-2H3/t21-/m0/s1. The van der Waals surface area contributed by atoms with Crippen LogP contribution in [-0.2, 0) is 20.0 Å². The van der Waals surface area contributed by atoms with E-state index in [2.05, 4.69) is 39.9 Å². The van der Waals surface area contributed by atoms with Crippen LogP contribution in [0.4, 0.5) is 5.69 Å². The van der Waals surface area contributed by atoms with Crippen LogP contribution in [0.15, 0.2) is 53.2 Å². The minimum atomic E-state index is -0.732. The highest BCUT2D eigenvalue weighted by atomic mass is 16.3. The maximum Gasteiger partial charge on any atom is 0.142 e. The summed E-state index contributed by atoms with van der Waals surface area (Å²) in [4.78, 5) is 9.10. The second-order valence-corrected chi connectivity index (χ2v) is 7.34. The normalized spacial score (nSPS) is 16.5. The van der Waals surface area contributed by atoms with E-state index in [4.69, 9.17) is 4.42 Å². The van der Waals surface area contributed by atoms with Crippen LogP contribution in [0.3, 0.4) is 0 Å². The number of piperazine rings is 1. The molecule has 0 unspecified atom stereocenters. The average molecular weight is 380 g/mol. The molecule has 1 aliphatic heterocycles. The largest absolute Gasteiger partial charge is 0.465 e. The number of rotatable bonds is 6. The van der Waals surface area contributed by atoms with Crippen LogP contribution >= 0.6 is 0 Å². The molecule has 3 heterocycles. The molecule has 0 spiro atoms. The minimum absolute atomic E-state index is 0.663. The molecular weight excluding hydrogens is 352 g/mol. The summed E-state index contributed by atoms with van der Waals surface area (Å²) < 4.78 is 7.72. The lowest BCUT2D eigenvalue weighted by Crippen LogP contribution is -2.46. The Kier molecular flexibility index (Phi) is 5.50. The maximum absolute atomic E-state index is 10.9. The third-order valence-corrected chi connectivity index (χ3v) is 5.49. The number of hydrogen-bond acceptors (Lipinski definition) is 5. The fraction of sp³-hybridized carbons (Fsp3) is 0.409. The molecule has 148 valence electrons. The highest BCUT2D eigenvalue weighted by Gasteiger charge is 2.24. The van der Waals surface area contributed by atoms with Crippen molar-refractivity contribution in [1.29, 1.82) is 0 Å². The van der Waals surface area contributed by atoms with E-state index in [0.29, 0.717) is 5.82 Å². The lowest BCUT2D eigenvalue weighted by Gasteiger charge is -2.37. The quantitative estimate of drug-likeness (QED) is 0.712. The Bertz CT molecular complexity index is 909. The molecule has 0 amide bonds. The first-order valence-electron chi connectivity index (χ1n) is 9.94. The summed E-state index contributed by atoms with van der Waals surface area (Å²) in [6.45, 7) is 6.74. The summed E-state index contributed by atoms with van der Waals surface area (Å²) in [7, 11) is 1.91. The Hall–Kier alpha value is -2.57. The molecule has 0 radical (unpaired) electrons. The number of hydrogen-bond donors (Lipinski definition) is 1. The molecular formula is C22H28N4O2. The van der Waals surface area contributed by atoms with Gasteiger partial charge in [0.05, 0.1) is 6.54 Å². The van der Waals surface area contributed by atoms with E-state index in [0.717, 1.165) is 61.9 Å². The number of furan rings is 1. The van der Waals surface area contributed by atoms with Gasteiger partial charge < -0.3 is 19.0 Å². The number of benzene rings is 1. The first-order valence-corrected chi connectivity index (χ1v) is 9.94. The van der Waals surface area contributed by atoms with Crippen molar-refractivity contribution in [2.24, 2.45) is 7.05 Å². The van der Waals surface area contributed by atoms with Crippen LogP contribution < -0.4 is 4.90 Å². The second-order valence-electron chi connectivity index (χ2n) is 7.34. The smallest absolute Gasteiger partial charge is 0.142 e. The van der Waals surface area contributed by atoms with Gasteiger partial charge in [0.15, 0.2) is 0 Å². The zero-order valence-corrected chi connectivity index (χ0v) is 16.6. The van der Waals surface area contributed by atoms with Gasteiger partial charge in [0, 0.05) is 63.3 Å². The van der Waals surface area contributed by atoms with Crippen molar-refractivity contribution in [2.45, 2.75) is 26.0 Å². The number of aliphatic hydroxyl groups excluding tert-OH is 1. The van der Waals surface area contributed by atoms with Crippen LogP contribution in [0.25, 0.3) is 0 Å². The van der Waals surface area contributed by atoms with Gasteiger partial charge in [-0.2, -0.15) is 0 Å². The number of nitrogens with zero attached hydrogens (tertiary/aromatic N) is 4. The summed E-state index contributed by atoms with van der Waals surface area (Å²) in [6.07, 6.45) is 3.78. The number of anilines is 1. The van der Waals surface area contributed by atoms with Crippen molar-refractivity contribution < 1.29 is 9.52 Å². The van der Waals surface area contributed by atoms with Crippen molar-refractivity contribution in [3.05, 3.63) is 71.7 Å². The molecule has 0 aliphatic carbocycles. The molecule has 1 fully saturated rings. The minimum Gasteiger partial charge on any atom is -0.465 e. The number of imidazole rings is 1. The zero-order valence-electron chi connectivity index (χ0n) is 16.6. The molecule has 0 bridgehead atoms. The van der Waals surface area contributed by atoms with Gasteiger partial charge in [0.1, 0.15) is 23.4 Å². The Balaban J connectivity index is 1.44. The summed E-state index contributed by atoms with van der Waals surface area (Å²) in [5.41, 5.74) is 1.99. The second kappa shape index (κ2) is 8.20. The van der Waals surface area contributed by atoms with E-state index in [1.54, 1.807) is 6.20 Å². The predicted octanol–water partition coefficient (Wildman–Crippen LogP) is 2.98. The molecule has 6 nitrogen and oxygen atoms in total. The lowest BCUT2D eigenvalue weighted by atomic mass is 10.0. The van der Waals surface area contributed by atoms with Gasteiger partial charge in [0.2, 0.25) is 0 Å². The Labute approximate surface area is 166 Å². The van der Waals surface area contributed by atoms with Gasteiger partial charge in [-0.3, -0.25) is 4.90 Å². The number of aliphatic hydroxyl groups is 1. The Morgan fingerprint density at radius 3 is 2.50 bits per heavy atom. The van der Waals surface area contributed by atoms with Gasteiger partial charge >= 0.3 is 0 Å². The molecule has 1 aromatic carbocycles. The SMILES string of the molecule is CCc1ccc(CN2CCN(c3ccccc3[C@H](O)c3nccn3C)CC2)o1. The highest BCUT2D eigenvalue weighted by Crippen LogP contribution is 2.30. The number of aromatic nitrogens is 2. The molecule has 6 heteroatoms. The first kappa shape index (κ1) is 18.8. The Morgan fingerprint density at radius 1 is 1.07 bits per heavy atom. The van der Waals surface area contributed by atoms with E-state index in [-0.39, 0.29) is 0 Å². The summed E-state index contributed by atoms with van der Waals surface area (Å²) in [6, 6.07) is 12.3. The van der Waals surface area contributed by atoms with Gasteiger partial charge in [-0.05, 0) is 18.2 Å². The van der Waals surface area contributed by atoms with E-state index < -0.39 is 6.10 Å². The molecule has 1 aliphatic rings. The molecule has 1 atom stereocenters. The van der Waals surface area contributed by atoms with Crippen molar-refractivity contribution >= 4 is 5.69 Å². The fourth-order valence-electron chi connectivity index (χ4n) is 3.85. The highest BCUT2D eigenvalue weighted by molar-refractivity contribution is 5.56. The predicted molar refractivity (Wildman–Crippen MR) is 109 cm³/mol. The average Bonchev–Trinajstić information content (AvgIpc) is 3.37. The molecule has 2 aromatic heterocycles. The first-order chi connectivity index (χ1) is 13.7. The number of aryl methyl sites for hydroxylation is 2. The van der Waals surface area contributed by atoms with Crippen molar-refractivity contribution in [1.82, 2.24) is 14.5 Å². The molecule has 1 saturated heterocycles. The molecule has 4 rings (SSSR count). The van der Waals surface area contributed by atoms with Gasteiger partial charge in [-0.15, -0.1) is 0 Å². The van der Waals surface area contributed by atoms with Crippen LogP contribution in [0.5, 0.6) is 0 Å². The molecule has 3 aromatic rings. The van der Waals surface area contributed by atoms with Crippen molar-refractivity contribution in [3.8, 4) is 0 Å². The lowest BCUT2D eigenvalue weighted by molar-refractivity contribution is 0.205. The van der Waals surface area contributed by atoms with E-state index in [1.807, 2.05) is 36.0 Å². The van der Waals surface area contributed by atoms with E-state index >= 15 is 0 Å². The van der Waals surface area contributed by atoms with Crippen molar-refractivity contribution in [2.75, 3.05) is 31.1 Å². The van der Waals surface area contributed by atoms with Crippen LogP contribution in [-0.4, -0.2) is 45.7 Å². The third-order valence-electron chi connectivity index (χ3n) is 5.49. The molecule has 1 N–H and O–H groups in total. The van der Waals surface area contributed by atoms with E-state index in [9.17, 15) is 5.11 Å². The fourth-order valence-corrected chi connectivity index (χ4v) is 3.85. The maximum atomic E-state index is 10.9. The van der Waals surface area contributed by atoms with Crippen LogP contribution in [0.2, 0.25) is 0 Å². The summed E-state index contributed by atoms with van der Waals surface area (Å²) in [5.74, 6) is 2.75. The topological polar surface area (TPSA) is 57.7 Å². The van der Waals surface area contributed by atoms with E-state index in [1.165, 1.54) is 0 Å². The monoisotopic (exact) mass is 380 g/mol. The third kappa shape index (κ3) is 3.84. The molecule has 0 saturated carbocycles.